The van der Waals surface area contributed by atoms with Gasteiger partial charge in [-0.25, -0.2) is 17.8 Å². The van der Waals surface area contributed by atoms with Crippen LogP contribution in [0.25, 0.3) is 5.69 Å². The van der Waals surface area contributed by atoms with Crippen LogP contribution in [-0.4, -0.2) is 35.7 Å². The van der Waals surface area contributed by atoms with Crippen LogP contribution in [0, 0.1) is 0 Å². The lowest BCUT2D eigenvalue weighted by Crippen LogP contribution is -2.33. The van der Waals surface area contributed by atoms with Crippen LogP contribution in [-0.2, 0) is 22.6 Å². The highest BCUT2D eigenvalue weighted by atomic mass is 35.5. The van der Waals surface area contributed by atoms with Crippen LogP contribution in [0.5, 0.6) is 5.75 Å². The van der Waals surface area contributed by atoms with Crippen LogP contribution >= 0.6 is 11.6 Å². The molecule has 16 heteroatoms. The van der Waals surface area contributed by atoms with E-state index in [2.05, 4.69) is 15.0 Å². The Morgan fingerprint density at radius 3 is 2.34 bits per heavy atom. The Balaban J connectivity index is 1.95. The molecule has 188 valence electrons. The minimum absolute atomic E-state index is 0.00602. The van der Waals surface area contributed by atoms with E-state index in [-0.39, 0.29) is 22.8 Å². The van der Waals surface area contributed by atoms with Crippen molar-refractivity contribution in [1.82, 2.24) is 19.7 Å². The van der Waals surface area contributed by atoms with Gasteiger partial charge in [-0.15, -0.1) is 18.3 Å². The van der Waals surface area contributed by atoms with Crippen molar-refractivity contribution in [2.45, 2.75) is 30.8 Å². The maximum Gasteiger partial charge on any atom is 0.573 e. The summed E-state index contributed by atoms with van der Waals surface area (Å²) >= 11 is 6.02. The van der Waals surface area contributed by atoms with E-state index in [0.29, 0.717) is 12.1 Å². The number of rotatable bonds is 6. The summed E-state index contributed by atoms with van der Waals surface area (Å²) in [5.41, 5.74) is -2.07. The largest absolute Gasteiger partial charge is 0.573 e. The number of alkyl halides is 6. The lowest BCUT2D eigenvalue weighted by Gasteiger charge is -2.14. The number of carbonyl (C=O) groups is 1. The first-order valence-corrected chi connectivity index (χ1v) is 11.2. The molecule has 3 aromatic rings. The molecule has 1 heterocycles. The molecular formula is C19H13ClF6N4O4S. The van der Waals surface area contributed by atoms with Crippen molar-refractivity contribution in [2.75, 3.05) is 0 Å². The first kappa shape index (κ1) is 26.3. The Bertz CT molecular complexity index is 1370. The molecule has 35 heavy (non-hydrogen) atoms. The van der Waals surface area contributed by atoms with Crippen molar-refractivity contribution in [2.24, 2.45) is 0 Å². The number of hydrogen-bond donors (Lipinski definition) is 1. The zero-order valence-electron chi connectivity index (χ0n) is 17.3. The van der Waals surface area contributed by atoms with Crippen LogP contribution in [0.15, 0.2) is 47.4 Å². The van der Waals surface area contributed by atoms with Gasteiger partial charge in [0.1, 0.15) is 5.75 Å². The van der Waals surface area contributed by atoms with Gasteiger partial charge < -0.3 is 4.74 Å². The van der Waals surface area contributed by atoms with Crippen LogP contribution < -0.4 is 9.46 Å². The molecule has 0 saturated carbocycles. The number of sulfonamides is 1. The lowest BCUT2D eigenvalue weighted by molar-refractivity contribution is -0.274. The molecule has 1 amide bonds. The van der Waals surface area contributed by atoms with Gasteiger partial charge in [0, 0.05) is 6.07 Å². The zero-order valence-corrected chi connectivity index (χ0v) is 18.8. The summed E-state index contributed by atoms with van der Waals surface area (Å²) < 4.78 is 108. The summed E-state index contributed by atoms with van der Waals surface area (Å²) in [5, 5.41) is 6.99. The first-order chi connectivity index (χ1) is 16.1. The number of nitrogens with one attached hydrogen (secondary N) is 1. The lowest BCUT2D eigenvalue weighted by atomic mass is 10.2. The molecule has 1 aromatic heterocycles. The monoisotopic (exact) mass is 542 g/mol. The second-order valence-corrected chi connectivity index (χ2v) is 8.80. The number of nitrogens with zero attached hydrogens (tertiary/aromatic N) is 3. The fourth-order valence-electron chi connectivity index (χ4n) is 3.01. The molecule has 8 nitrogen and oxygen atoms in total. The van der Waals surface area contributed by atoms with Gasteiger partial charge in [-0.1, -0.05) is 35.9 Å². The van der Waals surface area contributed by atoms with Gasteiger partial charge in [0.25, 0.3) is 15.9 Å². The zero-order chi connectivity index (χ0) is 26.2. The highest BCUT2D eigenvalue weighted by Gasteiger charge is 2.38. The third kappa shape index (κ3) is 5.85. The number of benzene rings is 2. The molecule has 0 bridgehead atoms. The van der Waals surface area contributed by atoms with Gasteiger partial charge >= 0.3 is 12.5 Å². The van der Waals surface area contributed by atoms with Crippen molar-refractivity contribution < 1.29 is 44.3 Å². The summed E-state index contributed by atoms with van der Waals surface area (Å²) in [6.45, 7) is 1.52. The molecule has 0 spiro atoms. The quantitative estimate of drug-likeness (QED) is 0.460. The smallest absolute Gasteiger partial charge is 0.406 e. The van der Waals surface area contributed by atoms with E-state index >= 15 is 0 Å². The second-order valence-electron chi connectivity index (χ2n) is 6.74. The summed E-state index contributed by atoms with van der Waals surface area (Å²) in [6.07, 6.45) is -9.97. The van der Waals surface area contributed by atoms with Gasteiger partial charge in [0.05, 0.1) is 26.9 Å². The highest BCUT2D eigenvalue weighted by Crippen LogP contribution is 2.34. The topological polar surface area (TPSA) is 103 Å². The second kappa shape index (κ2) is 9.37. The summed E-state index contributed by atoms with van der Waals surface area (Å²) in [5.74, 6) is -2.00. The predicted molar refractivity (Wildman–Crippen MR) is 109 cm³/mol. The Morgan fingerprint density at radius 1 is 1.11 bits per heavy atom. The average Bonchev–Trinajstić information content (AvgIpc) is 3.16. The summed E-state index contributed by atoms with van der Waals surface area (Å²) in [6, 6.07) is 6.11. The molecule has 0 aliphatic rings. The van der Waals surface area contributed by atoms with Crippen molar-refractivity contribution in [3.05, 3.63) is 64.4 Å². The minimum Gasteiger partial charge on any atom is -0.406 e. The first-order valence-electron chi connectivity index (χ1n) is 9.37. The molecule has 1 N–H and O–H groups in total. The van der Waals surface area contributed by atoms with E-state index < -0.39 is 50.4 Å². The number of amides is 1. The van der Waals surface area contributed by atoms with Crippen LogP contribution in [0.4, 0.5) is 26.3 Å². The number of ether oxygens (including phenoxy) is 1. The molecule has 0 radical (unpaired) electrons. The maximum atomic E-state index is 13.2. The van der Waals surface area contributed by atoms with E-state index in [1.165, 1.54) is 11.6 Å². The molecule has 0 aliphatic carbocycles. The Kier molecular flexibility index (Phi) is 7.04. The number of halogens is 7. The van der Waals surface area contributed by atoms with E-state index in [9.17, 15) is 39.6 Å². The minimum atomic E-state index is -5.01. The molecule has 0 fully saturated rings. The third-order valence-corrected chi connectivity index (χ3v) is 6.09. The number of aromatic nitrogens is 3. The molecule has 2 aromatic carbocycles. The predicted octanol–water partition coefficient (Wildman–Crippen LogP) is 4.52. The van der Waals surface area contributed by atoms with Crippen LogP contribution in [0.3, 0.4) is 0 Å². The fraction of sp³-hybridized carbons (Fsp3) is 0.211. The average molecular weight is 543 g/mol. The third-order valence-electron chi connectivity index (χ3n) is 4.40. The molecular weight excluding hydrogens is 530 g/mol. The maximum absolute atomic E-state index is 13.2. The Morgan fingerprint density at radius 2 is 1.77 bits per heavy atom. The molecule has 3 rings (SSSR count). The Hall–Kier alpha value is -3.33. The summed E-state index contributed by atoms with van der Waals surface area (Å²) in [4.78, 5) is 11.5. The number of carbonyl (C=O) groups excluding carboxylic acids is 1. The van der Waals surface area contributed by atoms with Gasteiger partial charge in [0.15, 0.2) is 5.69 Å². The molecule has 0 saturated heterocycles. The van der Waals surface area contributed by atoms with Gasteiger partial charge in [0.2, 0.25) is 0 Å². The fourth-order valence-corrected chi connectivity index (χ4v) is 4.44. The molecule has 0 unspecified atom stereocenters. The van der Waals surface area contributed by atoms with Gasteiger partial charge in [-0.05, 0) is 30.7 Å². The van der Waals surface area contributed by atoms with E-state index in [1.54, 1.807) is 0 Å². The number of hydrogen-bond acceptors (Lipinski definition) is 6. The highest BCUT2D eigenvalue weighted by molar-refractivity contribution is 7.90. The van der Waals surface area contributed by atoms with Crippen molar-refractivity contribution in [3.8, 4) is 11.4 Å². The van der Waals surface area contributed by atoms with E-state index in [0.717, 1.165) is 35.0 Å². The SMILES string of the molecule is CCc1c(C(=O)NS(=O)(=O)c2ccccc2C(F)(F)F)nnn1-c1ccc(OC(F)(F)F)cc1Cl. The van der Waals surface area contributed by atoms with Crippen LogP contribution in [0.1, 0.15) is 28.7 Å². The van der Waals surface area contributed by atoms with Gasteiger partial charge in [-0.3, -0.25) is 4.79 Å². The molecule has 0 aliphatic heterocycles. The standard InChI is InChI=1S/C19H13ClF6N4O4S/c1-2-13-16(17(31)28-35(32,33)15-6-4-3-5-11(15)18(21,22)23)27-29-30(13)14-8-7-10(9-12(14)20)34-19(24,25)26/h3-9H,2H2,1H3,(H,28,31). The normalized spacial score (nSPS) is 12.5. The van der Waals surface area contributed by atoms with Crippen molar-refractivity contribution >= 4 is 27.5 Å². The van der Waals surface area contributed by atoms with Gasteiger partial charge in [-0.2, -0.15) is 13.2 Å². The van der Waals surface area contributed by atoms with Crippen molar-refractivity contribution in [3.63, 3.8) is 0 Å². The van der Waals surface area contributed by atoms with Crippen LogP contribution in [0.2, 0.25) is 5.02 Å². The van der Waals surface area contributed by atoms with E-state index in [1.807, 2.05) is 0 Å². The molecule has 0 atom stereocenters. The Labute approximate surface area is 198 Å². The van der Waals surface area contributed by atoms with Crippen molar-refractivity contribution in [1.29, 1.82) is 0 Å². The van der Waals surface area contributed by atoms with E-state index in [4.69, 9.17) is 11.6 Å². The summed E-state index contributed by atoms with van der Waals surface area (Å²) in [7, 11) is -4.98.